The van der Waals surface area contributed by atoms with Gasteiger partial charge in [-0.25, -0.2) is 0 Å². The predicted molar refractivity (Wildman–Crippen MR) is 49.3 cm³/mol. The Morgan fingerprint density at radius 3 is 2.18 bits per heavy atom. The van der Waals surface area contributed by atoms with Gasteiger partial charge in [-0.3, -0.25) is 0 Å². The third-order valence-corrected chi connectivity index (χ3v) is 1.52. The van der Waals surface area contributed by atoms with Crippen molar-refractivity contribution in [3.8, 4) is 0 Å². The van der Waals surface area contributed by atoms with E-state index in [-0.39, 0.29) is 5.92 Å². The summed E-state index contributed by atoms with van der Waals surface area (Å²) in [7, 11) is 0. The smallest absolute Gasteiger partial charge is 0.0688 e. The highest BCUT2D eigenvalue weighted by molar-refractivity contribution is 5.08. The third kappa shape index (κ3) is 3.79. The van der Waals surface area contributed by atoms with E-state index in [1.54, 1.807) is 26.0 Å². The molecule has 1 atom stereocenters. The van der Waals surface area contributed by atoms with Gasteiger partial charge < -0.3 is 5.11 Å². The van der Waals surface area contributed by atoms with E-state index >= 15 is 0 Å². The summed E-state index contributed by atoms with van der Waals surface area (Å²) in [6.45, 7) is 10.7. The molecule has 0 aromatic rings. The van der Waals surface area contributed by atoms with E-state index in [1.807, 2.05) is 12.2 Å². The summed E-state index contributed by atoms with van der Waals surface area (Å²) >= 11 is 0. The van der Waals surface area contributed by atoms with Crippen molar-refractivity contribution in [2.24, 2.45) is 5.92 Å². The summed E-state index contributed by atoms with van der Waals surface area (Å²) in [5.74, 6) is -0.0134. The summed E-state index contributed by atoms with van der Waals surface area (Å²) < 4.78 is 0. The molecule has 1 unspecified atom stereocenters. The molecule has 0 bridgehead atoms. The molecule has 0 rings (SSSR count). The van der Waals surface area contributed by atoms with Crippen LogP contribution in [0.15, 0.2) is 37.5 Å². The van der Waals surface area contributed by atoms with Gasteiger partial charge in [0.15, 0.2) is 0 Å². The Kier molecular flexibility index (Phi) is 3.83. The van der Waals surface area contributed by atoms with Crippen LogP contribution in [0.25, 0.3) is 0 Å². The Hall–Kier alpha value is -0.820. The third-order valence-electron chi connectivity index (χ3n) is 1.52. The lowest BCUT2D eigenvalue weighted by molar-refractivity contribution is 0.0546. The highest BCUT2D eigenvalue weighted by Gasteiger charge is 2.20. The molecule has 0 spiro atoms. The maximum absolute atomic E-state index is 9.55. The molecule has 0 fully saturated rings. The van der Waals surface area contributed by atoms with Gasteiger partial charge in [-0.1, -0.05) is 30.9 Å². The van der Waals surface area contributed by atoms with E-state index in [0.717, 1.165) is 0 Å². The average Bonchev–Trinajstić information content (AvgIpc) is 1.87. The molecule has 0 radical (unpaired) electrons. The van der Waals surface area contributed by atoms with Crippen LogP contribution in [0, 0.1) is 5.92 Å². The van der Waals surface area contributed by atoms with Crippen molar-refractivity contribution in [2.45, 2.75) is 19.4 Å². The lowest BCUT2D eigenvalue weighted by Crippen LogP contribution is -2.27. The quantitative estimate of drug-likeness (QED) is 0.484. The standard InChI is InChI=1S/C10H16O/c1-5-7-8-9(6-2)10(3,4)11/h5-9,11H,1-2H2,3-4H3/b8-7+. The van der Waals surface area contributed by atoms with Crippen LogP contribution in [-0.2, 0) is 0 Å². The van der Waals surface area contributed by atoms with Crippen LogP contribution in [0.5, 0.6) is 0 Å². The number of aliphatic hydroxyl groups is 1. The van der Waals surface area contributed by atoms with Gasteiger partial charge in [0, 0.05) is 5.92 Å². The first-order valence-electron chi connectivity index (χ1n) is 3.66. The molecule has 11 heavy (non-hydrogen) atoms. The van der Waals surface area contributed by atoms with E-state index in [9.17, 15) is 5.11 Å². The number of rotatable bonds is 4. The van der Waals surface area contributed by atoms with Gasteiger partial charge in [0.2, 0.25) is 0 Å². The molecule has 62 valence electrons. The maximum Gasteiger partial charge on any atom is 0.0688 e. The minimum Gasteiger partial charge on any atom is -0.390 e. The van der Waals surface area contributed by atoms with Crippen LogP contribution >= 0.6 is 0 Å². The van der Waals surface area contributed by atoms with Crippen molar-refractivity contribution < 1.29 is 5.11 Å². The number of hydrogen-bond donors (Lipinski definition) is 1. The molecule has 0 saturated heterocycles. The van der Waals surface area contributed by atoms with Crippen molar-refractivity contribution in [2.75, 3.05) is 0 Å². The van der Waals surface area contributed by atoms with Gasteiger partial charge in [-0.05, 0) is 13.8 Å². The second kappa shape index (κ2) is 4.14. The molecule has 0 aromatic carbocycles. The minimum absolute atomic E-state index is 0.0134. The first-order valence-corrected chi connectivity index (χ1v) is 3.66. The van der Waals surface area contributed by atoms with E-state index in [2.05, 4.69) is 13.2 Å². The summed E-state index contributed by atoms with van der Waals surface area (Å²) in [4.78, 5) is 0. The van der Waals surface area contributed by atoms with Crippen molar-refractivity contribution in [3.05, 3.63) is 37.5 Å². The molecule has 0 amide bonds. The summed E-state index contributed by atoms with van der Waals surface area (Å²) in [6, 6.07) is 0. The Labute approximate surface area is 68.7 Å². The molecule has 0 aliphatic carbocycles. The van der Waals surface area contributed by atoms with Gasteiger partial charge in [0.25, 0.3) is 0 Å². The van der Waals surface area contributed by atoms with Crippen molar-refractivity contribution >= 4 is 0 Å². The Bertz CT molecular complexity index is 160. The van der Waals surface area contributed by atoms with E-state index < -0.39 is 5.60 Å². The second-order valence-electron chi connectivity index (χ2n) is 3.04. The minimum atomic E-state index is -0.735. The van der Waals surface area contributed by atoms with Gasteiger partial charge in [-0.2, -0.15) is 0 Å². The van der Waals surface area contributed by atoms with E-state index in [4.69, 9.17) is 0 Å². The molecule has 1 heteroatoms. The first kappa shape index (κ1) is 10.2. The van der Waals surface area contributed by atoms with Crippen LogP contribution in [-0.4, -0.2) is 10.7 Å². The van der Waals surface area contributed by atoms with Crippen LogP contribution in [0.4, 0.5) is 0 Å². The Balaban J connectivity index is 4.29. The zero-order valence-corrected chi connectivity index (χ0v) is 7.25. The molecule has 0 aliphatic heterocycles. The van der Waals surface area contributed by atoms with Crippen LogP contribution in [0.2, 0.25) is 0 Å². The van der Waals surface area contributed by atoms with Gasteiger partial charge in [0.05, 0.1) is 5.60 Å². The molecule has 0 saturated carbocycles. The summed E-state index contributed by atoms with van der Waals surface area (Å²) in [5.41, 5.74) is -0.735. The molecular formula is C10H16O. The van der Waals surface area contributed by atoms with Crippen LogP contribution < -0.4 is 0 Å². The summed E-state index contributed by atoms with van der Waals surface area (Å²) in [6.07, 6.45) is 7.09. The SMILES string of the molecule is C=C/C=C/C(C=C)C(C)(C)O. The van der Waals surface area contributed by atoms with Crippen LogP contribution in [0.3, 0.4) is 0 Å². The first-order chi connectivity index (χ1) is 5.02. The van der Waals surface area contributed by atoms with Crippen molar-refractivity contribution in [3.63, 3.8) is 0 Å². The highest BCUT2D eigenvalue weighted by atomic mass is 16.3. The summed E-state index contributed by atoms with van der Waals surface area (Å²) in [5, 5.41) is 9.55. The fraction of sp³-hybridized carbons (Fsp3) is 0.400. The monoisotopic (exact) mass is 152 g/mol. The molecule has 0 heterocycles. The molecule has 1 N–H and O–H groups in total. The second-order valence-corrected chi connectivity index (χ2v) is 3.04. The number of allylic oxidation sites excluding steroid dienone is 2. The predicted octanol–water partition coefficient (Wildman–Crippen LogP) is 2.30. The van der Waals surface area contributed by atoms with E-state index in [1.165, 1.54) is 0 Å². The van der Waals surface area contributed by atoms with Gasteiger partial charge in [-0.15, -0.1) is 6.58 Å². The fourth-order valence-electron chi connectivity index (χ4n) is 0.801. The molecular weight excluding hydrogens is 136 g/mol. The molecule has 0 aromatic heterocycles. The van der Waals surface area contributed by atoms with Crippen molar-refractivity contribution in [1.82, 2.24) is 0 Å². The zero-order chi connectivity index (χ0) is 8.91. The van der Waals surface area contributed by atoms with Crippen molar-refractivity contribution in [1.29, 1.82) is 0 Å². The Morgan fingerprint density at radius 1 is 1.36 bits per heavy atom. The van der Waals surface area contributed by atoms with Crippen LogP contribution in [0.1, 0.15) is 13.8 Å². The Morgan fingerprint density at radius 2 is 1.91 bits per heavy atom. The normalized spacial score (nSPS) is 14.8. The molecule has 1 nitrogen and oxygen atoms in total. The maximum atomic E-state index is 9.55. The lowest BCUT2D eigenvalue weighted by atomic mass is 9.91. The van der Waals surface area contributed by atoms with Gasteiger partial charge in [0.1, 0.15) is 0 Å². The zero-order valence-electron chi connectivity index (χ0n) is 7.25. The van der Waals surface area contributed by atoms with Gasteiger partial charge >= 0.3 is 0 Å². The topological polar surface area (TPSA) is 20.2 Å². The highest BCUT2D eigenvalue weighted by Crippen LogP contribution is 2.18. The molecule has 0 aliphatic rings. The fourth-order valence-corrected chi connectivity index (χ4v) is 0.801. The average molecular weight is 152 g/mol. The van der Waals surface area contributed by atoms with E-state index in [0.29, 0.717) is 0 Å². The largest absolute Gasteiger partial charge is 0.390 e. The number of hydrogen-bond acceptors (Lipinski definition) is 1. The lowest BCUT2D eigenvalue weighted by Gasteiger charge is -2.23.